The number of benzene rings is 1. The van der Waals surface area contributed by atoms with Crippen LogP contribution in [0.15, 0.2) is 18.2 Å². The minimum atomic E-state index is -0.0447. The number of Topliss-reactive ketones (excluding diaryl/α,β-unsaturated/α-hetero) is 1. The number of ketones is 1. The molecule has 1 aromatic rings. The van der Waals surface area contributed by atoms with Crippen molar-refractivity contribution >= 4 is 5.78 Å². The van der Waals surface area contributed by atoms with Crippen LogP contribution in [0, 0.1) is 0 Å². The van der Waals surface area contributed by atoms with Gasteiger partial charge < -0.3 is 15.2 Å². The topological polar surface area (TPSA) is 58.6 Å². The molecule has 1 aromatic carbocycles. The van der Waals surface area contributed by atoms with Crippen LogP contribution in [-0.2, 0) is 11.3 Å². The van der Waals surface area contributed by atoms with Gasteiger partial charge >= 0.3 is 0 Å². The van der Waals surface area contributed by atoms with Crippen molar-refractivity contribution in [3.05, 3.63) is 29.3 Å². The number of hydrogen-bond acceptors (Lipinski definition) is 4. The highest BCUT2D eigenvalue weighted by Gasteiger charge is 2.08. The molecule has 0 spiro atoms. The van der Waals surface area contributed by atoms with Gasteiger partial charge in [-0.25, -0.2) is 0 Å². The first-order chi connectivity index (χ1) is 7.19. The number of ether oxygens (including phenoxy) is 1. The van der Waals surface area contributed by atoms with Crippen LogP contribution in [-0.4, -0.2) is 31.6 Å². The predicted octanol–water partition coefficient (Wildman–Crippen LogP) is 0.941. The number of phenols is 1. The second kappa shape index (κ2) is 5.48. The second-order valence-corrected chi connectivity index (χ2v) is 3.23. The molecule has 4 nitrogen and oxygen atoms in total. The van der Waals surface area contributed by atoms with E-state index in [2.05, 4.69) is 5.32 Å². The predicted molar refractivity (Wildman–Crippen MR) is 57.1 cm³/mol. The summed E-state index contributed by atoms with van der Waals surface area (Å²) in [5.74, 6) is 0.0515. The molecule has 2 N–H and O–H groups in total. The Morgan fingerprint density at radius 2 is 2.27 bits per heavy atom. The Balaban J connectivity index is 2.86. The van der Waals surface area contributed by atoms with Gasteiger partial charge in [0.25, 0.3) is 0 Å². The third kappa shape index (κ3) is 3.04. The Hall–Kier alpha value is -1.39. The first-order valence-electron chi connectivity index (χ1n) is 4.67. The van der Waals surface area contributed by atoms with Crippen LogP contribution in [0.1, 0.15) is 15.9 Å². The van der Waals surface area contributed by atoms with Crippen LogP contribution in [0.4, 0.5) is 0 Å². The lowest BCUT2D eigenvalue weighted by molar-refractivity contribution is 0.0993. The Kier molecular flexibility index (Phi) is 4.27. The highest BCUT2D eigenvalue weighted by Crippen LogP contribution is 2.19. The standard InChI is InChI=1S/C11H15NO3/c1-12-6-11(14)8-3-4-9(7-15-2)10(13)5-8/h3-5,12-13H,6-7H2,1-2H3. The molecule has 0 aliphatic rings. The number of rotatable bonds is 5. The van der Waals surface area contributed by atoms with Crippen LogP contribution in [0.2, 0.25) is 0 Å². The highest BCUT2D eigenvalue weighted by atomic mass is 16.5. The number of nitrogens with one attached hydrogen (secondary N) is 1. The maximum absolute atomic E-state index is 11.5. The van der Waals surface area contributed by atoms with Crippen LogP contribution >= 0.6 is 0 Å². The molecule has 0 bridgehead atoms. The number of phenolic OH excluding ortho intramolecular Hbond substituents is 1. The second-order valence-electron chi connectivity index (χ2n) is 3.23. The van der Waals surface area contributed by atoms with E-state index in [0.717, 1.165) is 0 Å². The van der Waals surface area contributed by atoms with Crippen LogP contribution in [0.25, 0.3) is 0 Å². The van der Waals surface area contributed by atoms with Gasteiger partial charge in [-0.05, 0) is 13.1 Å². The van der Waals surface area contributed by atoms with Crippen molar-refractivity contribution in [1.82, 2.24) is 5.32 Å². The molecule has 0 saturated carbocycles. The van der Waals surface area contributed by atoms with Crippen molar-refractivity contribution in [3.63, 3.8) is 0 Å². The monoisotopic (exact) mass is 209 g/mol. The molecule has 1 rings (SSSR count). The molecular formula is C11H15NO3. The fourth-order valence-electron chi connectivity index (χ4n) is 1.28. The number of carbonyl (C=O) groups excluding carboxylic acids is 1. The average molecular weight is 209 g/mol. The molecule has 0 radical (unpaired) electrons. The van der Waals surface area contributed by atoms with Gasteiger partial charge in [0.05, 0.1) is 13.2 Å². The molecule has 15 heavy (non-hydrogen) atoms. The zero-order valence-corrected chi connectivity index (χ0v) is 8.91. The van der Waals surface area contributed by atoms with E-state index in [0.29, 0.717) is 17.7 Å². The largest absolute Gasteiger partial charge is 0.508 e. The van der Waals surface area contributed by atoms with E-state index in [4.69, 9.17) is 4.74 Å². The maximum atomic E-state index is 11.5. The molecule has 0 heterocycles. The number of likely N-dealkylation sites (N-methyl/N-ethyl adjacent to an activating group) is 1. The van der Waals surface area contributed by atoms with Crippen LogP contribution < -0.4 is 5.32 Å². The fourth-order valence-corrected chi connectivity index (χ4v) is 1.28. The normalized spacial score (nSPS) is 10.3. The van der Waals surface area contributed by atoms with Crippen LogP contribution in [0.3, 0.4) is 0 Å². The molecule has 0 atom stereocenters. The Morgan fingerprint density at radius 1 is 1.53 bits per heavy atom. The number of methoxy groups -OCH3 is 1. The first kappa shape index (κ1) is 11.7. The lowest BCUT2D eigenvalue weighted by Gasteiger charge is -2.05. The van der Waals surface area contributed by atoms with E-state index in [-0.39, 0.29) is 18.1 Å². The van der Waals surface area contributed by atoms with Gasteiger partial charge in [0.15, 0.2) is 5.78 Å². The molecule has 82 valence electrons. The van der Waals surface area contributed by atoms with E-state index in [1.165, 1.54) is 6.07 Å². The summed E-state index contributed by atoms with van der Waals surface area (Å²) >= 11 is 0. The summed E-state index contributed by atoms with van der Waals surface area (Å²) in [5.41, 5.74) is 1.18. The van der Waals surface area contributed by atoms with E-state index in [1.807, 2.05) is 0 Å². The zero-order chi connectivity index (χ0) is 11.3. The molecule has 0 aromatic heterocycles. The fraction of sp³-hybridized carbons (Fsp3) is 0.364. The molecule has 0 fully saturated rings. The quantitative estimate of drug-likeness (QED) is 0.709. The molecule has 0 aliphatic carbocycles. The SMILES string of the molecule is CNCC(=O)c1ccc(COC)c(O)c1. The van der Waals surface area contributed by atoms with Crippen molar-refractivity contribution in [2.24, 2.45) is 0 Å². The summed E-state index contributed by atoms with van der Waals surface area (Å²) in [6.45, 7) is 0.607. The van der Waals surface area contributed by atoms with E-state index >= 15 is 0 Å². The van der Waals surface area contributed by atoms with Crippen molar-refractivity contribution in [2.75, 3.05) is 20.7 Å². The van der Waals surface area contributed by atoms with Gasteiger partial charge in [0, 0.05) is 18.2 Å². The number of carbonyl (C=O) groups is 1. The van der Waals surface area contributed by atoms with Crippen molar-refractivity contribution in [1.29, 1.82) is 0 Å². The van der Waals surface area contributed by atoms with Crippen molar-refractivity contribution in [2.45, 2.75) is 6.61 Å². The summed E-state index contributed by atoms with van der Waals surface area (Å²) in [5, 5.41) is 12.4. The van der Waals surface area contributed by atoms with Gasteiger partial charge in [-0.2, -0.15) is 0 Å². The summed E-state index contributed by atoms with van der Waals surface area (Å²) in [4.78, 5) is 11.5. The van der Waals surface area contributed by atoms with Crippen molar-refractivity contribution < 1.29 is 14.6 Å². The molecule has 0 unspecified atom stereocenters. The summed E-state index contributed by atoms with van der Waals surface area (Å²) in [6.07, 6.45) is 0. The van der Waals surface area contributed by atoms with Gasteiger partial charge in [-0.3, -0.25) is 4.79 Å². The van der Waals surface area contributed by atoms with Gasteiger partial charge in [0.2, 0.25) is 0 Å². The third-order valence-electron chi connectivity index (χ3n) is 2.04. The van der Waals surface area contributed by atoms with Crippen LogP contribution in [0.5, 0.6) is 5.75 Å². The summed E-state index contributed by atoms with van der Waals surface area (Å²) in [7, 11) is 3.26. The average Bonchev–Trinajstić information content (AvgIpc) is 2.21. The molecule has 0 saturated heterocycles. The third-order valence-corrected chi connectivity index (χ3v) is 2.04. The minimum Gasteiger partial charge on any atom is -0.508 e. The van der Waals surface area contributed by atoms with Gasteiger partial charge in [-0.15, -0.1) is 0 Å². The number of aromatic hydroxyl groups is 1. The Bertz CT molecular complexity index is 350. The molecule has 0 amide bonds. The zero-order valence-electron chi connectivity index (χ0n) is 8.91. The Labute approximate surface area is 88.9 Å². The molecular weight excluding hydrogens is 194 g/mol. The van der Waals surface area contributed by atoms with Crippen molar-refractivity contribution in [3.8, 4) is 5.75 Å². The smallest absolute Gasteiger partial charge is 0.176 e. The van der Waals surface area contributed by atoms with Gasteiger partial charge in [-0.1, -0.05) is 12.1 Å². The highest BCUT2D eigenvalue weighted by molar-refractivity contribution is 5.98. The molecule has 4 heteroatoms. The minimum absolute atomic E-state index is 0.0447. The molecule has 0 aliphatic heterocycles. The first-order valence-corrected chi connectivity index (χ1v) is 4.67. The Morgan fingerprint density at radius 3 is 2.80 bits per heavy atom. The lowest BCUT2D eigenvalue weighted by Crippen LogP contribution is -2.18. The lowest BCUT2D eigenvalue weighted by atomic mass is 10.1. The van der Waals surface area contributed by atoms with E-state index in [1.54, 1.807) is 26.3 Å². The van der Waals surface area contributed by atoms with E-state index < -0.39 is 0 Å². The summed E-state index contributed by atoms with van der Waals surface area (Å²) in [6, 6.07) is 4.85. The summed E-state index contributed by atoms with van der Waals surface area (Å²) < 4.78 is 4.90. The van der Waals surface area contributed by atoms with E-state index in [9.17, 15) is 9.90 Å². The number of hydrogen-bond donors (Lipinski definition) is 2. The maximum Gasteiger partial charge on any atom is 0.176 e. The van der Waals surface area contributed by atoms with Gasteiger partial charge in [0.1, 0.15) is 5.75 Å².